The molecule has 0 aromatic carbocycles. The van der Waals surface area contributed by atoms with Crippen molar-refractivity contribution in [2.45, 2.75) is 309 Å². The van der Waals surface area contributed by atoms with Gasteiger partial charge >= 0.3 is 17.9 Å². The summed E-state index contributed by atoms with van der Waals surface area (Å²) in [6.07, 6.45) is 72.1. The quantitative estimate of drug-likeness (QED) is 0.0262. The predicted octanol–water partition coefficient (Wildman–Crippen LogP) is 20.0. The first kappa shape index (κ1) is 66.1. The molecular weight excluding hydrogens is 853 g/mol. The summed E-state index contributed by atoms with van der Waals surface area (Å²) in [4.78, 5) is 38.2. The van der Waals surface area contributed by atoms with Crippen LogP contribution in [0.3, 0.4) is 0 Å². The van der Waals surface area contributed by atoms with Crippen LogP contribution in [0.5, 0.6) is 0 Å². The molecule has 69 heavy (non-hydrogen) atoms. The summed E-state index contributed by atoms with van der Waals surface area (Å²) >= 11 is 0. The first-order chi connectivity index (χ1) is 34.0. The Morgan fingerprint density at radius 3 is 0.899 bits per heavy atom. The Morgan fingerprint density at radius 2 is 0.565 bits per heavy atom. The SMILES string of the molecule is CC/C=C\C/C=C\C/C=C\C/C=C\CCCCCCCCCCC(=O)OCC(COC(=O)CCCCCCCCCCCCCCCCC)OC(=O)CCCCCCC/C=C\CCCCCCCC. The number of allylic oxidation sites excluding steroid dienone is 10. The molecule has 0 spiro atoms. The molecule has 0 aliphatic carbocycles. The standard InChI is InChI=1S/C63H112O6/c1-4-7-10-13-16-19-22-25-28-29-30-31-32-33-36-38-41-44-47-50-53-56-62(65)68-59-60(69-63(66)57-54-51-48-45-42-39-35-27-24-21-18-15-12-9-6-3)58-67-61(64)55-52-49-46-43-40-37-34-26-23-20-17-14-11-8-5-2/h7,10,16,19,25,27-28,30-31,35,60H,4-6,8-9,11-15,17-18,20-24,26,29,32-34,36-59H2,1-3H3/b10-7-,19-16-,28-25-,31-30-,35-27-. The maximum atomic E-state index is 12.9. The first-order valence-corrected chi connectivity index (χ1v) is 29.8. The zero-order valence-corrected chi connectivity index (χ0v) is 45.8. The van der Waals surface area contributed by atoms with Gasteiger partial charge in [0.05, 0.1) is 0 Å². The van der Waals surface area contributed by atoms with Gasteiger partial charge in [-0.2, -0.15) is 0 Å². The monoisotopic (exact) mass is 965 g/mol. The van der Waals surface area contributed by atoms with Crippen molar-refractivity contribution in [1.82, 2.24) is 0 Å². The minimum Gasteiger partial charge on any atom is -0.462 e. The number of ether oxygens (including phenoxy) is 3. The summed E-state index contributed by atoms with van der Waals surface area (Å²) in [6.45, 7) is 6.54. The summed E-state index contributed by atoms with van der Waals surface area (Å²) in [5.41, 5.74) is 0. The van der Waals surface area contributed by atoms with E-state index in [-0.39, 0.29) is 31.1 Å². The average molecular weight is 966 g/mol. The predicted molar refractivity (Wildman–Crippen MR) is 298 cm³/mol. The van der Waals surface area contributed by atoms with Gasteiger partial charge in [0.1, 0.15) is 13.2 Å². The fourth-order valence-corrected chi connectivity index (χ4v) is 8.55. The van der Waals surface area contributed by atoms with Gasteiger partial charge in [-0.3, -0.25) is 14.4 Å². The minimum absolute atomic E-state index is 0.0770. The number of esters is 3. The van der Waals surface area contributed by atoms with E-state index in [1.54, 1.807) is 0 Å². The lowest BCUT2D eigenvalue weighted by Crippen LogP contribution is -2.30. The van der Waals surface area contributed by atoms with Crippen LogP contribution < -0.4 is 0 Å². The molecule has 6 heteroatoms. The molecular formula is C63H112O6. The van der Waals surface area contributed by atoms with Crippen LogP contribution in [-0.4, -0.2) is 37.2 Å². The highest BCUT2D eigenvalue weighted by Gasteiger charge is 2.19. The zero-order chi connectivity index (χ0) is 50.0. The van der Waals surface area contributed by atoms with Gasteiger partial charge in [-0.1, -0.05) is 261 Å². The maximum absolute atomic E-state index is 12.9. The van der Waals surface area contributed by atoms with Crippen LogP contribution in [-0.2, 0) is 28.6 Å². The van der Waals surface area contributed by atoms with Crippen molar-refractivity contribution in [2.24, 2.45) is 0 Å². The van der Waals surface area contributed by atoms with E-state index in [4.69, 9.17) is 14.2 Å². The third-order valence-corrected chi connectivity index (χ3v) is 13.0. The Morgan fingerprint density at radius 1 is 0.304 bits per heavy atom. The van der Waals surface area contributed by atoms with Crippen LogP contribution in [0.2, 0.25) is 0 Å². The van der Waals surface area contributed by atoms with Crippen molar-refractivity contribution >= 4 is 17.9 Å². The van der Waals surface area contributed by atoms with Gasteiger partial charge in [0.15, 0.2) is 6.10 Å². The molecule has 0 heterocycles. The Balaban J connectivity index is 4.36. The second-order valence-electron chi connectivity index (χ2n) is 19.9. The molecule has 0 aromatic rings. The number of unbranched alkanes of at least 4 members (excludes halogenated alkanes) is 33. The van der Waals surface area contributed by atoms with E-state index in [2.05, 4.69) is 81.5 Å². The molecule has 0 amide bonds. The molecule has 0 radical (unpaired) electrons. The Labute approximate surface area is 428 Å². The normalized spacial score (nSPS) is 12.4. The third kappa shape index (κ3) is 55.9. The first-order valence-electron chi connectivity index (χ1n) is 29.8. The molecule has 0 rings (SSSR count). The van der Waals surface area contributed by atoms with Gasteiger partial charge in [-0.25, -0.2) is 0 Å². The Hall–Kier alpha value is -2.89. The molecule has 0 aromatic heterocycles. The molecule has 0 saturated carbocycles. The van der Waals surface area contributed by atoms with E-state index < -0.39 is 6.10 Å². The second-order valence-corrected chi connectivity index (χ2v) is 19.9. The van der Waals surface area contributed by atoms with Gasteiger partial charge in [-0.05, 0) is 83.5 Å². The number of hydrogen-bond acceptors (Lipinski definition) is 6. The minimum atomic E-state index is -0.780. The van der Waals surface area contributed by atoms with Crippen molar-refractivity contribution in [3.8, 4) is 0 Å². The molecule has 1 atom stereocenters. The molecule has 400 valence electrons. The van der Waals surface area contributed by atoms with Gasteiger partial charge in [0.2, 0.25) is 0 Å². The maximum Gasteiger partial charge on any atom is 0.306 e. The van der Waals surface area contributed by atoms with Gasteiger partial charge in [0.25, 0.3) is 0 Å². The second kappa shape index (κ2) is 57.7. The lowest BCUT2D eigenvalue weighted by molar-refractivity contribution is -0.167. The Bertz CT molecular complexity index is 1250. The molecule has 0 saturated heterocycles. The van der Waals surface area contributed by atoms with Crippen molar-refractivity contribution in [3.05, 3.63) is 60.8 Å². The van der Waals surface area contributed by atoms with Crippen LogP contribution in [0.1, 0.15) is 303 Å². The molecule has 0 fully saturated rings. The highest BCUT2D eigenvalue weighted by Crippen LogP contribution is 2.16. The highest BCUT2D eigenvalue weighted by atomic mass is 16.6. The summed E-state index contributed by atoms with van der Waals surface area (Å²) in [5.74, 6) is -0.879. The zero-order valence-electron chi connectivity index (χ0n) is 45.8. The van der Waals surface area contributed by atoms with Crippen LogP contribution in [0.15, 0.2) is 60.8 Å². The molecule has 0 bridgehead atoms. The van der Waals surface area contributed by atoms with E-state index in [1.807, 2.05) is 0 Å². The van der Waals surface area contributed by atoms with Crippen LogP contribution in [0, 0.1) is 0 Å². The largest absolute Gasteiger partial charge is 0.462 e. The number of rotatable bonds is 54. The lowest BCUT2D eigenvalue weighted by Gasteiger charge is -2.18. The molecule has 6 nitrogen and oxygen atoms in total. The average Bonchev–Trinajstić information content (AvgIpc) is 3.35. The van der Waals surface area contributed by atoms with Crippen LogP contribution >= 0.6 is 0 Å². The number of carbonyl (C=O) groups is 3. The molecule has 0 N–H and O–H groups in total. The van der Waals surface area contributed by atoms with Crippen LogP contribution in [0.4, 0.5) is 0 Å². The van der Waals surface area contributed by atoms with E-state index >= 15 is 0 Å². The van der Waals surface area contributed by atoms with Gasteiger partial charge in [-0.15, -0.1) is 0 Å². The van der Waals surface area contributed by atoms with Gasteiger partial charge in [0, 0.05) is 19.3 Å². The molecule has 1 unspecified atom stereocenters. The molecule has 0 aliphatic rings. The van der Waals surface area contributed by atoms with Crippen molar-refractivity contribution in [2.75, 3.05) is 13.2 Å². The highest BCUT2D eigenvalue weighted by molar-refractivity contribution is 5.71. The number of hydrogen-bond donors (Lipinski definition) is 0. The lowest BCUT2D eigenvalue weighted by atomic mass is 10.0. The summed E-state index contributed by atoms with van der Waals surface area (Å²) in [6, 6.07) is 0. The van der Waals surface area contributed by atoms with Crippen molar-refractivity contribution < 1.29 is 28.6 Å². The van der Waals surface area contributed by atoms with E-state index in [0.717, 1.165) is 103 Å². The fourth-order valence-electron chi connectivity index (χ4n) is 8.55. The summed E-state index contributed by atoms with van der Waals surface area (Å²) in [5, 5.41) is 0. The van der Waals surface area contributed by atoms with E-state index in [9.17, 15) is 14.4 Å². The van der Waals surface area contributed by atoms with Crippen molar-refractivity contribution in [3.63, 3.8) is 0 Å². The number of carbonyl (C=O) groups excluding carboxylic acids is 3. The van der Waals surface area contributed by atoms with E-state index in [1.165, 1.54) is 161 Å². The topological polar surface area (TPSA) is 78.9 Å². The van der Waals surface area contributed by atoms with Crippen LogP contribution in [0.25, 0.3) is 0 Å². The van der Waals surface area contributed by atoms with Gasteiger partial charge < -0.3 is 14.2 Å². The third-order valence-electron chi connectivity index (χ3n) is 13.0. The molecule has 0 aliphatic heterocycles. The summed E-state index contributed by atoms with van der Waals surface area (Å²) < 4.78 is 16.9. The summed E-state index contributed by atoms with van der Waals surface area (Å²) in [7, 11) is 0. The van der Waals surface area contributed by atoms with E-state index in [0.29, 0.717) is 19.3 Å². The van der Waals surface area contributed by atoms with Crippen molar-refractivity contribution in [1.29, 1.82) is 0 Å². The smallest absolute Gasteiger partial charge is 0.306 e. The fraction of sp³-hybridized carbons (Fsp3) is 0.794. The Kier molecular flexibility index (Phi) is 55.3.